The van der Waals surface area contributed by atoms with Crippen LogP contribution in [0.5, 0.6) is 5.75 Å². The maximum Gasteiger partial charge on any atom is 0.293 e. The van der Waals surface area contributed by atoms with Crippen LogP contribution in [0, 0.1) is 0 Å². The summed E-state index contributed by atoms with van der Waals surface area (Å²) in [5.74, 6) is 0.850. The fourth-order valence-electron chi connectivity index (χ4n) is 4.40. The summed E-state index contributed by atoms with van der Waals surface area (Å²) in [4.78, 5) is 36.0. The van der Waals surface area contributed by atoms with Gasteiger partial charge in [0.15, 0.2) is 18.2 Å². The molecular formula is C26H33ClN6O4. The van der Waals surface area contributed by atoms with Crippen molar-refractivity contribution in [2.45, 2.75) is 52.4 Å². The van der Waals surface area contributed by atoms with Gasteiger partial charge in [0.2, 0.25) is 5.95 Å². The first kappa shape index (κ1) is 26.7. The second-order valence-corrected chi connectivity index (χ2v) is 9.79. The molecule has 0 aliphatic carbocycles. The van der Waals surface area contributed by atoms with Crippen molar-refractivity contribution >= 4 is 45.9 Å². The van der Waals surface area contributed by atoms with Crippen LogP contribution in [-0.2, 0) is 9.53 Å². The molecule has 1 fully saturated rings. The van der Waals surface area contributed by atoms with E-state index in [9.17, 15) is 9.59 Å². The van der Waals surface area contributed by atoms with Crippen LogP contribution in [0.15, 0.2) is 35.3 Å². The molecule has 3 heterocycles. The number of anilines is 3. The lowest BCUT2D eigenvalue weighted by Gasteiger charge is -2.36. The molecule has 0 saturated carbocycles. The van der Waals surface area contributed by atoms with Crippen molar-refractivity contribution in [3.05, 3.63) is 45.8 Å². The van der Waals surface area contributed by atoms with E-state index >= 15 is 0 Å². The van der Waals surface area contributed by atoms with Crippen molar-refractivity contribution in [1.82, 2.24) is 19.9 Å². The minimum atomic E-state index is -0.319. The molecule has 10 nitrogen and oxygen atoms in total. The average Bonchev–Trinajstić information content (AvgIpc) is 2.87. The minimum Gasteiger partial charge on any atom is -0.478 e. The average molecular weight is 529 g/mol. The monoisotopic (exact) mass is 528 g/mol. The molecule has 2 unspecified atom stereocenters. The summed E-state index contributed by atoms with van der Waals surface area (Å²) in [7, 11) is 1.52. The van der Waals surface area contributed by atoms with E-state index in [0.717, 1.165) is 23.0 Å². The van der Waals surface area contributed by atoms with Crippen LogP contribution in [0.2, 0.25) is 5.02 Å². The Morgan fingerprint density at radius 2 is 2.08 bits per heavy atom. The number of pyridine rings is 1. The van der Waals surface area contributed by atoms with Crippen LogP contribution in [0.1, 0.15) is 40.2 Å². The predicted molar refractivity (Wildman–Crippen MR) is 145 cm³/mol. The topological polar surface area (TPSA) is 111 Å². The molecule has 4 rings (SSSR count). The summed E-state index contributed by atoms with van der Waals surface area (Å²) in [5, 5.41) is 6.93. The Morgan fingerprint density at radius 3 is 2.78 bits per heavy atom. The lowest BCUT2D eigenvalue weighted by Crippen LogP contribution is -2.47. The highest BCUT2D eigenvalue weighted by molar-refractivity contribution is 6.32. The molecule has 1 aliphatic rings. The molecule has 0 radical (unpaired) electrons. The zero-order valence-corrected chi connectivity index (χ0v) is 22.5. The number of halogens is 1. The molecule has 2 aromatic heterocycles. The van der Waals surface area contributed by atoms with Crippen molar-refractivity contribution in [3.63, 3.8) is 0 Å². The van der Waals surface area contributed by atoms with Gasteiger partial charge in [-0.25, -0.2) is 4.98 Å². The first-order valence-electron chi connectivity index (χ1n) is 12.4. The summed E-state index contributed by atoms with van der Waals surface area (Å²) < 4.78 is 13.2. The van der Waals surface area contributed by atoms with E-state index in [0.29, 0.717) is 29.9 Å². The molecule has 11 heteroatoms. The fraction of sp³-hybridized carbons (Fsp3) is 0.462. The zero-order valence-electron chi connectivity index (χ0n) is 21.7. The number of carbonyl (C=O) groups excluding carboxylic acids is 1. The van der Waals surface area contributed by atoms with Crippen molar-refractivity contribution in [1.29, 1.82) is 0 Å². The van der Waals surface area contributed by atoms with Gasteiger partial charge in [0.1, 0.15) is 5.02 Å². The number of hydrogen-bond donors (Lipinski definition) is 2. The van der Waals surface area contributed by atoms with Gasteiger partial charge in [0.25, 0.3) is 11.5 Å². The van der Waals surface area contributed by atoms with Crippen molar-refractivity contribution in [3.8, 4) is 5.75 Å². The third kappa shape index (κ3) is 5.97. The standard InChI is InChI=1S/C26H33ClN6O4/c1-6-19-13-32(12-16(4)37-19)26-29-11-20(27)24(31-26)30-18-7-8-21-17(9-18)10-22(36-14-23(34)28-5)25(35)33(21)15(2)3/h7-11,15-16,19H,6,12-14H2,1-5H3,(H,28,34)(H,29,30,31). The van der Waals surface area contributed by atoms with Crippen LogP contribution in [0.4, 0.5) is 17.5 Å². The van der Waals surface area contributed by atoms with Gasteiger partial charge in [0, 0.05) is 37.3 Å². The van der Waals surface area contributed by atoms with E-state index < -0.39 is 0 Å². The number of aromatic nitrogens is 3. The number of carbonyl (C=O) groups is 1. The van der Waals surface area contributed by atoms with Crippen LogP contribution in [0.25, 0.3) is 10.9 Å². The molecule has 1 aromatic carbocycles. The third-order valence-electron chi connectivity index (χ3n) is 6.22. The Balaban J connectivity index is 1.66. The molecule has 1 aliphatic heterocycles. The molecule has 1 amide bonds. The summed E-state index contributed by atoms with van der Waals surface area (Å²) in [6.07, 6.45) is 2.70. The lowest BCUT2D eigenvalue weighted by atomic mass is 10.1. The summed E-state index contributed by atoms with van der Waals surface area (Å²) in [6, 6.07) is 7.17. The van der Waals surface area contributed by atoms with Crippen molar-refractivity contribution < 1.29 is 14.3 Å². The van der Waals surface area contributed by atoms with Gasteiger partial charge >= 0.3 is 0 Å². The van der Waals surface area contributed by atoms with Gasteiger partial charge in [-0.15, -0.1) is 0 Å². The zero-order chi connectivity index (χ0) is 26.7. The van der Waals surface area contributed by atoms with Gasteiger partial charge in [-0.1, -0.05) is 18.5 Å². The molecule has 0 bridgehead atoms. The summed E-state index contributed by atoms with van der Waals surface area (Å²) >= 11 is 6.45. The number of hydrogen-bond acceptors (Lipinski definition) is 8. The Bertz CT molecular complexity index is 1340. The summed E-state index contributed by atoms with van der Waals surface area (Å²) in [6.45, 7) is 9.15. The second-order valence-electron chi connectivity index (χ2n) is 9.39. The molecule has 198 valence electrons. The number of likely N-dealkylation sites (N-methyl/N-ethyl adjacent to an activating group) is 1. The van der Waals surface area contributed by atoms with E-state index in [2.05, 4.69) is 27.4 Å². The van der Waals surface area contributed by atoms with Crippen LogP contribution < -0.4 is 25.8 Å². The first-order valence-corrected chi connectivity index (χ1v) is 12.8. The quantitative estimate of drug-likeness (QED) is 0.453. The highest BCUT2D eigenvalue weighted by atomic mass is 35.5. The van der Waals surface area contributed by atoms with Gasteiger partial charge < -0.3 is 29.6 Å². The normalized spacial score (nSPS) is 17.8. The largest absolute Gasteiger partial charge is 0.478 e. The predicted octanol–water partition coefficient (Wildman–Crippen LogP) is 3.90. The van der Waals surface area contributed by atoms with E-state index in [1.165, 1.54) is 7.05 Å². The maximum absolute atomic E-state index is 13.0. The fourth-order valence-corrected chi connectivity index (χ4v) is 4.54. The van der Waals surface area contributed by atoms with Crippen molar-refractivity contribution in [2.75, 3.05) is 37.0 Å². The Morgan fingerprint density at radius 1 is 1.30 bits per heavy atom. The van der Waals surface area contributed by atoms with Gasteiger partial charge in [0.05, 0.1) is 23.9 Å². The summed E-state index contributed by atoms with van der Waals surface area (Å²) in [5.41, 5.74) is 1.19. The highest BCUT2D eigenvalue weighted by Gasteiger charge is 2.26. The third-order valence-corrected chi connectivity index (χ3v) is 6.49. The van der Waals surface area contributed by atoms with E-state index in [-0.39, 0.29) is 42.1 Å². The van der Waals surface area contributed by atoms with E-state index in [1.54, 1.807) is 16.8 Å². The smallest absolute Gasteiger partial charge is 0.293 e. The SMILES string of the molecule is CCC1CN(c2ncc(Cl)c(Nc3ccc4c(c3)cc(OCC(=O)NC)c(=O)n4C(C)C)n2)CC(C)O1. The number of amides is 1. The molecule has 2 N–H and O–H groups in total. The molecule has 0 spiro atoms. The Hall–Kier alpha value is -3.37. The molecular weight excluding hydrogens is 496 g/mol. The Labute approximate surface area is 220 Å². The lowest BCUT2D eigenvalue weighted by molar-refractivity contribution is -0.122. The molecule has 37 heavy (non-hydrogen) atoms. The Kier molecular flexibility index (Phi) is 8.19. The highest BCUT2D eigenvalue weighted by Crippen LogP contribution is 2.29. The minimum absolute atomic E-state index is 0.0771. The number of benzene rings is 1. The maximum atomic E-state index is 13.0. The molecule has 1 saturated heterocycles. The molecule has 2 atom stereocenters. The number of nitrogens with zero attached hydrogens (tertiary/aromatic N) is 4. The first-order chi connectivity index (χ1) is 17.7. The number of ether oxygens (including phenoxy) is 2. The van der Waals surface area contributed by atoms with Gasteiger partial charge in [-0.2, -0.15) is 4.98 Å². The van der Waals surface area contributed by atoms with Gasteiger partial charge in [-0.3, -0.25) is 9.59 Å². The second kappa shape index (κ2) is 11.4. The van der Waals surface area contributed by atoms with E-state index in [1.807, 2.05) is 39.0 Å². The van der Waals surface area contributed by atoms with Gasteiger partial charge in [-0.05, 0) is 51.5 Å². The van der Waals surface area contributed by atoms with Crippen LogP contribution >= 0.6 is 11.6 Å². The van der Waals surface area contributed by atoms with Crippen molar-refractivity contribution in [2.24, 2.45) is 0 Å². The van der Waals surface area contributed by atoms with E-state index in [4.69, 9.17) is 26.1 Å². The molecule has 3 aromatic rings. The van der Waals surface area contributed by atoms with Crippen LogP contribution in [0.3, 0.4) is 0 Å². The van der Waals surface area contributed by atoms with Crippen LogP contribution in [-0.4, -0.2) is 59.4 Å². The number of nitrogens with one attached hydrogen (secondary N) is 2. The number of morpholine rings is 1. The number of fused-ring (bicyclic) bond motifs is 1. The number of rotatable bonds is 8.